The number of benzene rings is 1. The first-order chi connectivity index (χ1) is 19.2. The Balaban J connectivity index is 1.28. The van der Waals surface area contributed by atoms with Crippen molar-refractivity contribution in [1.29, 1.82) is 0 Å². The van der Waals surface area contributed by atoms with Crippen molar-refractivity contribution in [3.05, 3.63) is 58.6 Å². The highest BCUT2D eigenvalue weighted by atomic mass is 32.1. The molecule has 0 unspecified atom stereocenters. The van der Waals surface area contributed by atoms with Crippen LogP contribution in [0.15, 0.2) is 40.4 Å². The van der Waals surface area contributed by atoms with E-state index in [0.717, 1.165) is 53.3 Å². The molecule has 0 bridgehead atoms. The summed E-state index contributed by atoms with van der Waals surface area (Å²) in [6.07, 6.45) is 1.41. The monoisotopic (exact) mass is 565 g/mol. The second-order valence-electron chi connectivity index (χ2n) is 11.4. The van der Waals surface area contributed by atoms with E-state index in [2.05, 4.69) is 20.8 Å². The third kappa shape index (κ3) is 5.99. The van der Waals surface area contributed by atoms with E-state index in [-0.39, 0.29) is 36.7 Å². The Bertz CT molecular complexity index is 1310. The van der Waals surface area contributed by atoms with Gasteiger partial charge in [0.1, 0.15) is 17.7 Å². The SMILES string of the molecule is Cc1ncsc1-c1ccc([C@H](C)NC(=O)[C@@H]2C[C@@H](O)CN2C(=O)[C@@H](c2cc(C3CCNCC3)no2)C(C)C)cc1. The molecule has 40 heavy (non-hydrogen) atoms. The number of likely N-dealkylation sites (tertiary alicyclic amines) is 1. The molecule has 5 rings (SSSR count). The van der Waals surface area contributed by atoms with Gasteiger partial charge in [0.25, 0.3) is 0 Å². The van der Waals surface area contributed by atoms with Crippen molar-refractivity contribution >= 4 is 23.2 Å². The Morgan fingerprint density at radius 3 is 2.55 bits per heavy atom. The van der Waals surface area contributed by atoms with Crippen molar-refractivity contribution in [2.24, 2.45) is 5.92 Å². The van der Waals surface area contributed by atoms with Crippen LogP contribution in [0.4, 0.5) is 0 Å². The van der Waals surface area contributed by atoms with Crippen LogP contribution in [-0.4, -0.2) is 63.7 Å². The fourth-order valence-electron chi connectivity index (χ4n) is 5.88. The summed E-state index contributed by atoms with van der Waals surface area (Å²) in [4.78, 5) is 34.3. The van der Waals surface area contributed by atoms with Crippen LogP contribution in [0.3, 0.4) is 0 Å². The molecule has 0 radical (unpaired) electrons. The number of hydrogen-bond donors (Lipinski definition) is 3. The van der Waals surface area contributed by atoms with Gasteiger partial charge >= 0.3 is 0 Å². The zero-order chi connectivity index (χ0) is 28.4. The van der Waals surface area contributed by atoms with Crippen LogP contribution in [0.5, 0.6) is 0 Å². The lowest BCUT2D eigenvalue weighted by Crippen LogP contribution is -2.48. The normalized spacial score (nSPS) is 21.5. The molecule has 214 valence electrons. The number of aliphatic hydroxyl groups excluding tert-OH is 1. The van der Waals surface area contributed by atoms with E-state index in [1.165, 1.54) is 4.90 Å². The zero-order valence-corrected chi connectivity index (χ0v) is 24.4. The Labute approximate surface area is 239 Å². The quantitative estimate of drug-likeness (QED) is 0.375. The minimum atomic E-state index is -0.759. The van der Waals surface area contributed by atoms with Crippen molar-refractivity contribution in [3.63, 3.8) is 0 Å². The first kappa shape index (κ1) is 28.4. The van der Waals surface area contributed by atoms with Crippen molar-refractivity contribution in [2.75, 3.05) is 19.6 Å². The zero-order valence-electron chi connectivity index (χ0n) is 23.6. The fourth-order valence-corrected chi connectivity index (χ4v) is 6.69. The van der Waals surface area contributed by atoms with E-state index in [0.29, 0.717) is 11.7 Å². The third-order valence-electron chi connectivity index (χ3n) is 8.19. The number of amides is 2. The smallest absolute Gasteiger partial charge is 0.243 e. The highest BCUT2D eigenvalue weighted by Crippen LogP contribution is 2.34. The van der Waals surface area contributed by atoms with Crippen LogP contribution in [-0.2, 0) is 9.59 Å². The van der Waals surface area contributed by atoms with Gasteiger partial charge in [-0.05, 0) is 56.8 Å². The summed E-state index contributed by atoms with van der Waals surface area (Å²) < 4.78 is 5.73. The minimum absolute atomic E-state index is 0.0672. The molecule has 0 saturated carbocycles. The highest BCUT2D eigenvalue weighted by molar-refractivity contribution is 7.13. The molecular formula is C30H39N5O4S. The first-order valence-corrected chi connectivity index (χ1v) is 15.1. The summed E-state index contributed by atoms with van der Waals surface area (Å²) in [6.45, 7) is 9.85. The number of rotatable bonds is 8. The minimum Gasteiger partial charge on any atom is -0.391 e. The van der Waals surface area contributed by atoms with Gasteiger partial charge in [0.05, 0.1) is 33.9 Å². The number of carbonyl (C=O) groups excluding carboxylic acids is 2. The summed E-state index contributed by atoms with van der Waals surface area (Å²) in [7, 11) is 0. The second kappa shape index (κ2) is 12.2. The van der Waals surface area contributed by atoms with Crippen LogP contribution in [0, 0.1) is 12.8 Å². The van der Waals surface area contributed by atoms with Gasteiger partial charge in [-0.15, -0.1) is 11.3 Å². The number of aliphatic hydroxyl groups is 1. The molecule has 3 N–H and O–H groups in total. The first-order valence-electron chi connectivity index (χ1n) is 14.2. The molecule has 4 heterocycles. The topological polar surface area (TPSA) is 121 Å². The van der Waals surface area contributed by atoms with E-state index in [9.17, 15) is 14.7 Å². The number of β-amino-alcohol motifs (C(OH)–C–C–N with tert-alkyl or cyclic N) is 1. The van der Waals surface area contributed by atoms with Gasteiger partial charge in [-0.1, -0.05) is 43.3 Å². The molecule has 0 aliphatic carbocycles. The van der Waals surface area contributed by atoms with Crippen molar-refractivity contribution in [1.82, 2.24) is 25.7 Å². The van der Waals surface area contributed by atoms with E-state index >= 15 is 0 Å². The molecule has 2 aliphatic heterocycles. The number of nitrogens with zero attached hydrogens (tertiary/aromatic N) is 3. The Kier molecular flexibility index (Phi) is 8.68. The fraction of sp³-hybridized carbons (Fsp3) is 0.533. The molecule has 4 atom stereocenters. The number of hydrogen-bond acceptors (Lipinski definition) is 8. The molecular weight excluding hydrogens is 526 g/mol. The molecule has 10 heteroatoms. The van der Waals surface area contributed by atoms with Gasteiger partial charge in [0.15, 0.2) is 0 Å². The van der Waals surface area contributed by atoms with Gasteiger partial charge in [-0.25, -0.2) is 4.98 Å². The van der Waals surface area contributed by atoms with Gasteiger partial charge in [0, 0.05) is 24.9 Å². The predicted molar refractivity (Wildman–Crippen MR) is 154 cm³/mol. The molecule has 0 spiro atoms. The lowest BCUT2D eigenvalue weighted by Gasteiger charge is -2.29. The number of aryl methyl sites for hydroxylation is 1. The average molecular weight is 566 g/mol. The third-order valence-corrected chi connectivity index (χ3v) is 9.16. The predicted octanol–water partition coefficient (Wildman–Crippen LogP) is 4.15. The number of carbonyl (C=O) groups is 2. The van der Waals surface area contributed by atoms with E-state index in [4.69, 9.17) is 4.52 Å². The maximum Gasteiger partial charge on any atom is 0.243 e. The number of nitrogens with one attached hydrogen (secondary N) is 2. The van der Waals surface area contributed by atoms with Gasteiger partial charge in [0.2, 0.25) is 11.8 Å². The number of piperidine rings is 1. The molecule has 3 aromatic rings. The average Bonchev–Trinajstić information content (AvgIpc) is 3.69. The van der Waals surface area contributed by atoms with Crippen LogP contribution in [0.2, 0.25) is 0 Å². The number of aromatic nitrogens is 2. The molecule has 2 amide bonds. The van der Waals surface area contributed by atoms with Gasteiger partial charge in [-0.2, -0.15) is 0 Å². The van der Waals surface area contributed by atoms with Crippen LogP contribution >= 0.6 is 11.3 Å². The molecule has 9 nitrogen and oxygen atoms in total. The molecule has 1 aromatic carbocycles. The summed E-state index contributed by atoms with van der Waals surface area (Å²) in [6, 6.07) is 8.99. The van der Waals surface area contributed by atoms with Gasteiger partial charge in [-0.3, -0.25) is 9.59 Å². The van der Waals surface area contributed by atoms with E-state index < -0.39 is 18.1 Å². The summed E-state index contributed by atoms with van der Waals surface area (Å²) in [5.41, 5.74) is 5.77. The maximum absolute atomic E-state index is 13.9. The standard InChI is InChI=1S/C30H39N5O4S/c1-17(2)27(26-14-24(34-39-26)21-9-11-31-12-10-21)30(38)35-15-23(36)13-25(35)29(37)33-18(3)20-5-7-22(8-6-20)28-19(4)32-16-40-28/h5-8,14,16-18,21,23,25,27,31,36H,9-13,15H2,1-4H3,(H,33,37)/t18-,23+,25-,27+/m0/s1. The lowest BCUT2D eigenvalue weighted by atomic mass is 9.89. The van der Waals surface area contributed by atoms with Crippen molar-refractivity contribution < 1.29 is 19.2 Å². The molecule has 2 fully saturated rings. The Morgan fingerprint density at radius 2 is 1.90 bits per heavy atom. The van der Waals surface area contributed by atoms with E-state index in [1.807, 2.05) is 63.5 Å². The second-order valence-corrected chi connectivity index (χ2v) is 12.3. The molecule has 2 aromatic heterocycles. The van der Waals surface area contributed by atoms with Crippen molar-refractivity contribution in [2.45, 2.75) is 77.0 Å². The van der Waals surface area contributed by atoms with Crippen molar-refractivity contribution in [3.8, 4) is 10.4 Å². The largest absolute Gasteiger partial charge is 0.391 e. The highest BCUT2D eigenvalue weighted by Gasteiger charge is 2.43. The van der Waals surface area contributed by atoms with E-state index in [1.54, 1.807) is 11.3 Å². The maximum atomic E-state index is 13.9. The summed E-state index contributed by atoms with van der Waals surface area (Å²) in [5, 5.41) is 21.3. The van der Waals surface area contributed by atoms with Crippen LogP contribution < -0.4 is 10.6 Å². The van der Waals surface area contributed by atoms with Crippen LogP contribution in [0.1, 0.15) is 80.6 Å². The number of thiazole rings is 1. The lowest BCUT2D eigenvalue weighted by molar-refractivity contribution is -0.141. The summed E-state index contributed by atoms with van der Waals surface area (Å²) >= 11 is 1.60. The Hall–Kier alpha value is -3.08. The summed E-state index contributed by atoms with van der Waals surface area (Å²) in [5.74, 6) is -0.285. The van der Waals surface area contributed by atoms with Gasteiger partial charge < -0.3 is 25.2 Å². The van der Waals surface area contributed by atoms with Crippen LogP contribution in [0.25, 0.3) is 10.4 Å². The molecule has 2 saturated heterocycles. The Morgan fingerprint density at radius 1 is 1.18 bits per heavy atom. The molecule has 2 aliphatic rings.